The van der Waals surface area contributed by atoms with Gasteiger partial charge in [0.2, 0.25) is 0 Å². The van der Waals surface area contributed by atoms with Gasteiger partial charge < -0.3 is 5.73 Å². The normalized spacial score (nSPS) is 10.9. The predicted molar refractivity (Wildman–Crippen MR) is 95.7 cm³/mol. The summed E-state index contributed by atoms with van der Waals surface area (Å²) in [5.74, 6) is -0.559. The molecule has 0 saturated heterocycles. The fraction of sp³-hybridized carbons (Fsp3) is 0.0526. The first-order valence-corrected chi connectivity index (χ1v) is 7.77. The molecule has 4 aromatic rings. The molecule has 3 aromatic heterocycles. The van der Waals surface area contributed by atoms with Gasteiger partial charge in [-0.05, 0) is 47.5 Å². The lowest BCUT2D eigenvalue weighted by atomic mass is 10.0. The van der Waals surface area contributed by atoms with Crippen molar-refractivity contribution in [3.05, 3.63) is 66.7 Å². The largest absolute Gasteiger partial charge is 0.364 e. The van der Waals surface area contributed by atoms with Crippen molar-refractivity contribution in [2.45, 2.75) is 0 Å². The standard InChI is InChI=1S/C19H15N5O/c1-24-17(6-9-22-24)15-11-14-10-13(12-4-7-21-8-5-12)2-3-16(14)23-18(15)19(20)25/h2-11H,1H3,(H2,20,25). The van der Waals surface area contributed by atoms with E-state index in [4.69, 9.17) is 5.73 Å². The highest BCUT2D eigenvalue weighted by Gasteiger charge is 2.16. The molecule has 2 N–H and O–H groups in total. The Balaban J connectivity index is 1.96. The quantitative estimate of drug-likeness (QED) is 0.626. The van der Waals surface area contributed by atoms with Crippen molar-refractivity contribution in [1.82, 2.24) is 19.7 Å². The van der Waals surface area contributed by atoms with E-state index in [-0.39, 0.29) is 5.69 Å². The Labute approximate surface area is 144 Å². The van der Waals surface area contributed by atoms with Gasteiger partial charge in [0.1, 0.15) is 5.69 Å². The van der Waals surface area contributed by atoms with Crippen LogP contribution >= 0.6 is 0 Å². The molecule has 6 heteroatoms. The number of carbonyl (C=O) groups excluding carboxylic acids is 1. The molecule has 0 radical (unpaired) electrons. The fourth-order valence-electron chi connectivity index (χ4n) is 2.92. The van der Waals surface area contributed by atoms with Crippen LogP contribution in [0.2, 0.25) is 0 Å². The highest BCUT2D eigenvalue weighted by Crippen LogP contribution is 2.29. The predicted octanol–water partition coefficient (Wildman–Crippen LogP) is 2.80. The molecule has 1 amide bonds. The summed E-state index contributed by atoms with van der Waals surface area (Å²) < 4.78 is 1.70. The minimum absolute atomic E-state index is 0.243. The monoisotopic (exact) mass is 329 g/mol. The van der Waals surface area contributed by atoms with Crippen molar-refractivity contribution in [3.8, 4) is 22.4 Å². The summed E-state index contributed by atoms with van der Waals surface area (Å²) in [5, 5.41) is 5.09. The van der Waals surface area contributed by atoms with Crippen molar-refractivity contribution in [1.29, 1.82) is 0 Å². The van der Waals surface area contributed by atoms with Gasteiger partial charge in [-0.25, -0.2) is 4.98 Å². The highest BCUT2D eigenvalue weighted by atomic mass is 16.1. The van der Waals surface area contributed by atoms with Crippen LogP contribution in [-0.2, 0) is 7.05 Å². The van der Waals surface area contributed by atoms with Crippen molar-refractivity contribution in [3.63, 3.8) is 0 Å². The van der Waals surface area contributed by atoms with Crippen LogP contribution in [-0.4, -0.2) is 25.7 Å². The number of hydrogen-bond donors (Lipinski definition) is 1. The maximum Gasteiger partial charge on any atom is 0.268 e. The van der Waals surface area contributed by atoms with E-state index in [9.17, 15) is 4.79 Å². The van der Waals surface area contributed by atoms with Gasteiger partial charge in [0, 0.05) is 36.6 Å². The summed E-state index contributed by atoms with van der Waals surface area (Å²) in [5.41, 5.74) is 10.1. The van der Waals surface area contributed by atoms with Gasteiger partial charge in [-0.1, -0.05) is 6.07 Å². The molecule has 0 unspecified atom stereocenters. The second-order valence-electron chi connectivity index (χ2n) is 5.73. The first-order valence-electron chi connectivity index (χ1n) is 7.77. The van der Waals surface area contributed by atoms with Crippen LogP contribution in [0.25, 0.3) is 33.3 Å². The van der Waals surface area contributed by atoms with Crippen LogP contribution < -0.4 is 5.73 Å². The Bertz CT molecular complexity index is 1090. The molecule has 0 fully saturated rings. The van der Waals surface area contributed by atoms with E-state index in [0.29, 0.717) is 5.56 Å². The summed E-state index contributed by atoms with van der Waals surface area (Å²) >= 11 is 0. The lowest BCUT2D eigenvalue weighted by molar-refractivity contribution is 0.0996. The molecule has 0 aliphatic carbocycles. The molecule has 6 nitrogen and oxygen atoms in total. The zero-order valence-corrected chi connectivity index (χ0v) is 13.5. The average Bonchev–Trinajstić information content (AvgIpc) is 3.06. The van der Waals surface area contributed by atoms with E-state index in [1.807, 2.05) is 49.5 Å². The molecule has 1 aromatic carbocycles. The molecule has 0 saturated carbocycles. The van der Waals surface area contributed by atoms with Gasteiger partial charge in [0.05, 0.1) is 11.2 Å². The Morgan fingerprint density at radius 1 is 1.00 bits per heavy atom. The fourth-order valence-corrected chi connectivity index (χ4v) is 2.92. The number of aromatic nitrogens is 4. The first-order chi connectivity index (χ1) is 12.1. The second-order valence-corrected chi connectivity index (χ2v) is 5.73. The molecule has 4 rings (SSSR count). The average molecular weight is 329 g/mol. The van der Waals surface area contributed by atoms with Crippen LogP contribution in [0.5, 0.6) is 0 Å². The lowest BCUT2D eigenvalue weighted by Crippen LogP contribution is -2.15. The summed E-state index contributed by atoms with van der Waals surface area (Å²) in [6, 6.07) is 13.6. The Morgan fingerprint density at radius 2 is 1.80 bits per heavy atom. The van der Waals surface area contributed by atoms with Gasteiger partial charge >= 0.3 is 0 Å². The van der Waals surface area contributed by atoms with Crippen LogP contribution in [0.1, 0.15) is 10.5 Å². The summed E-state index contributed by atoms with van der Waals surface area (Å²) in [6.07, 6.45) is 5.20. The molecule has 0 bridgehead atoms. The van der Waals surface area contributed by atoms with E-state index in [2.05, 4.69) is 15.1 Å². The number of rotatable bonds is 3. The maximum absolute atomic E-state index is 11.9. The van der Waals surface area contributed by atoms with E-state index >= 15 is 0 Å². The lowest BCUT2D eigenvalue weighted by Gasteiger charge is -2.10. The number of hydrogen-bond acceptors (Lipinski definition) is 4. The molecule has 0 aliphatic rings. The topological polar surface area (TPSA) is 86.7 Å². The van der Waals surface area contributed by atoms with Crippen LogP contribution in [0.15, 0.2) is 61.1 Å². The van der Waals surface area contributed by atoms with E-state index in [1.54, 1.807) is 23.3 Å². The van der Waals surface area contributed by atoms with Crippen LogP contribution in [0.3, 0.4) is 0 Å². The van der Waals surface area contributed by atoms with Crippen molar-refractivity contribution in [2.75, 3.05) is 0 Å². The van der Waals surface area contributed by atoms with E-state index in [1.165, 1.54) is 0 Å². The Kier molecular flexibility index (Phi) is 3.50. The summed E-state index contributed by atoms with van der Waals surface area (Å²) in [6.45, 7) is 0. The minimum Gasteiger partial charge on any atom is -0.364 e. The number of primary amides is 1. The van der Waals surface area contributed by atoms with E-state index in [0.717, 1.165) is 27.7 Å². The third-order valence-electron chi connectivity index (χ3n) is 4.16. The number of amides is 1. The zero-order valence-electron chi connectivity index (χ0n) is 13.5. The van der Waals surface area contributed by atoms with Gasteiger partial charge in [-0.15, -0.1) is 0 Å². The number of aryl methyl sites for hydroxylation is 1. The van der Waals surface area contributed by atoms with Gasteiger partial charge in [-0.2, -0.15) is 5.10 Å². The first kappa shape index (κ1) is 15.0. The van der Waals surface area contributed by atoms with Crippen LogP contribution in [0.4, 0.5) is 0 Å². The number of nitrogens with two attached hydrogens (primary N) is 1. The summed E-state index contributed by atoms with van der Waals surface area (Å²) in [4.78, 5) is 20.4. The van der Waals surface area contributed by atoms with Crippen molar-refractivity contribution < 1.29 is 4.79 Å². The molecule has 0 aliphatic heterocycles. The van der Waals surface area contributed by atoms with Crippen molar-refractivity contribution >= 4 is 16.8 Å². The number of pyridine rings is 2. The Morgan fingerprint density at radius 3 is 2.48 bits per heavy atom. The number of benzene rings is 1. The third-order valence-corrected chi connectivity index (χ3v) is 4.16. The molecule has 0 atom stereocenters. The molecule has 25 heavy (non-hydrogen) atoms. The number of nitrogens with zero attached hydrogens (tertiary/aromatic N) is 4. The van der Waals surface area contributed by atoms with Gasteiger partial charge in [0.25, 0.3) is 5.91 Å². The van der Waals surface area contributed by atoms with Crippen LogP contribution in [0, 0.1) is 0 Å². The molecular formula is C19H15N5O. The zero-order chi connectivity index (χ0) is 17.4. The smallest absolute Gasteiger partial charge is 0.268 e. The highest BCUT2D eigenvalue weighted by molar-refractivity contribution is 6.01. The van der Waals surface area contributed by atoms with Gasteiger partial charge in [-0.3, -0.25) is 14.5 Å². The van der Waals surface area contributed by atoms with Gasteiger partial charge in [0.15, 0.2) is 0 Å². The minimum atomic E-state index is -0.559. The summed E-state index contributed by atoms with van der Waals surface area (Å²) in [7, 11) is 1.82. The molecular weight excluding hydrogens is 314 g/mol. The molecule has 0 spiro atoms. The van der Waals surface area contributed by atoms with Crippen molar-refractivity contribution in [2.24, 2.45) is 12.8 Å². The third kappa shape index (κ3) is 2.63. The maximum atomic E-state index is 11.9. The molecule has 122 valence electrons. The second kappa shape index (κ2) is 5.83. The van der Waals surface area contributed by atoms with E-state index < -0.39 is 5.91 Å². The Hall–Kier alpha value is -3.54. The SMILES string of the molecule is Cn1nccc1-c1cc2cc(-c3ccncc3)ccc2nc1C(N)=O. The number of fused-ring (bicyclic) bond motifs is 1. The molecule has 3 heterocycles. The number of carbonyl (C=O) groups is 1.